The second-order valence-electron chi connectivity index (χ2n) is 10.0. The molecule has 2 heterocycles. The van der Waals surface area contributed by atoms with Gasteiger partial charge in [-0.3, -0.25) is 14.5 Å². The first-order chi connectivity index (χ1) is 21.5. The standard InChI is InChI=1S/C35H30N2O6S/c1-3-41-25-16-17-26-29(20-25)44-35(36-26)37-31(30(33(39)34(37)40)32(38)23-13-9-6-10-14-23)24-15-18-27(28(19-24)42-4-2)43-21-22-11-7-5-8-12-22/h5-20,31,38H,3-4,21H2,1-2H3/b32-30+. The van der Waals surface area contributed by atoms with E-state index in [1.807, 2.05) is 68.4 Å². The van der Waals surface area contributed by atoms with E-state index in [-0.39, 0.29) is 11.3 Å². The Morgan fingerprint density at radius 3 is 2.30 bits per heavy atom. The number of nitrogens with zero attached hydrogens (tertiary/aromatic N) is 2. The van der Waals surface area contributed by atoms with E-state index in [1.165, 1.54) is 16.2 Å². The second-order valence-corrected chi connectivity index (χ2v) is 11.0. The third-order valence-electron chi connectivity index (χ3n) is 7.18. The molecule has 0 bridgehead atoms. The van der Waals surface area contributed by atoms with Gasteiger partial charge in [-0.2, -0.15) is 0 Å². The van der Waals surface area contributed by atoms with Gasteiger partial charge in [0.05, 0.1) is 35.0 Å². The van der Waals surface area contributed by atoms with E-state index in [2.05, 4.69) is 0 Å². The van der Waals surface area contributed by atoms with Crippen molar-refractivity contribution >= 4 is 44.1 Å². The minimum atomic E-state index is -0.968. The van der Waals surface area contributed by atoms with Gasteiger partial charge in [-0.1, -0.05) is 78.1 Å². The SMILES string of the molecule is CCOc1ccc2nc(N3C(=O)C(=O)/C(=C(/O)c4ccccc4)C3c3ccc(OCc4ccccc4)c(OCC)c3)sc2c1. The van der Waals surface area contributed by atoms with Crippen LogP contribution in [0.2, 0.25) is 0 Å². The minimum Gasteiger partial charge on any atom is -0.507 e. The fraction of sp³-hybridized carbons (Fsp3) is 0.171. The fourth-order valence-electron chi connectivity index (χ4n) is 5.17. The van der Waals surface area contributed by atoms with Gasteiger partial charge in [-0.25, -0.2) is 4.98 Å². The Morgan fingerprint density at radius 2 is 1.57 bits per heavy atom. The monoisotopic (exact) mass is 606 g/mol. The van der Waals surface area contributed by atoms with E-state index in [0.29, 0.717) is 58.8 Å². The summed E-state index contributed by atoms with van der Waals surface area (Å²) in [6.07, 6.45) is 0. The van der Waals surface area contributed by atoms with Crippen LogP contribution < -0.4 is 19.1 Å². The van der Waals surface area contributed by atoms with Gasteiger partial charge in [0.15, 0.2) is 16.6 Å². The Balaban J connectivity index is 1.47. The smallest absolute Gasteiger partial charge is 0.301 e. The summed E-state index contributed by atoms with van der Waals surface area (Å²) in [6, 6.07) is 28.3. The summed E-state index contributed by atoms with van der Waals surface area (Å²) in [5, 5.41) is 11.8. The quantitative estimate of drug-likeness (QED) is 0.101. The Morgan fingerprint density at radius 1 is 0.841 bits per heavy atom. The number of benzene rings is 4. The van der Waals surface area contributed by atoms with Gasteiger partial charge >= 0.3 is 5.91 Å². The van der Waals surface area contributed by atoms with Gasteiger partial charge in [-0.05, 0) is 55.3 Å². The molecule has 1 unspecified atom stereocenters. The Kier molecular flexibility index (Phi) is 8.29. The maximum absolute atomic E-state index is 13.7. The normalized spacial score (nSPS) is 16.0. The van der Waals surface area contributed by atoms with Gasteiger partial charge < -0.3 is 19.3 Å². The molecule has 0 spiro atoms. The number of rotatable bonds is 10. The molecule has 4 aromatic carbocycles. The largest absolute Gasteiger partial charge is 0.507 e. The number of Topliss-reactive ketones (excluding diaryl/α,β-unsaturated/α-hetero) is 1. The summed E-state index contributed by atoms with van der Waals surface area (Å²) in [5.74, 6) is -0.185. The second kappa shape index (κ2) is 12.6. The molecule has 44 heavy (non-hydrogen) atoms. The van der Waals surface area contributed by atoms with Gasteiger partial charge in [0.25, 0.3) is 5.78 Å². The molecule has 0 radical (unpaired) electrons. The number of hydrogen-bond acceptors (Lipinski definition) is 8. The number of fused-ring (bicyclic) bond motifs is 1. The number of amides is 1. The van der Waals surface area contributed by atoms with Crippen LogP contribution >= 0.6 is 11.3 Å². The molecule has 1 fully saturated rings. The molecule has 222 valence electrons. The number of carbonyl (C=O) groups is 2. The molecule has 6 rings (SSSR count). The molecule has 8 nitrogen and oxygen atoms in total. The van der Waals surface area contributed by atoms with Crippen LogP contribution in [0.15, 0.2) is 103 Å². The molecule has 1 atom stereocenters. The Bertz CT molecular complexity index is 1850. The average Bonchev–Trinajstić information content (AvgIpc) is 3.58. The molecule has 0 aliphatic carbocycles. The molecule has 1 aliphatic rings. The van der Waals surface area contributed by atoms with Crippen molar-refractivity contribution in [2.24, 2.45) is 0 Å². The minimum absolute atomic E-state index is 0.0316. The first kappa shape index (κ1) is 28.9. The lowest BCUT2D eigenvalue weighted by atomic mass is 9.95. The number of carbonyl (C=O) groups excluding carboxylic acids is 2. The predicted octanol–water partition coefficient (Wildman–Crippen LogP) is 7.30. The lowest BCUT2D eigenvalue weighted by Crippen LogP contribution is -2.29. The van der Waals surface area contributed by atoms with E-state index in [1.54, 1.807) is 42.5 Å². The van der Waals surface area contributed by atoms with Crippen LogP contribution in [0.5, 0.6) is 17.2 Å². The Labute approximate surface area is 258 Å². The van der Waals surface area contributed by atoms with E-state index >= 15 is 0 Å². The zero-order chi connectivity index (χ0) is 30.6. The molecule has 1 saturated heterocycles. The van der Waals surface area contributed by atoms with Crippen molar-refractivity contribution in [3.8, 4) is 17.2 Å². The molecule has 1 amide bonds. The summed E-state index contributed by atoms with van der Waals surface area (Å²) in [7, 11) is 0. The van der Waals surface area contributed by atoms with Crippen molar-refractivity contribution in [1.82, 2.24) is 4.98 Å². The highest BCUT2D eigenvalue weighted by Gasteiger charge is 2.48. The Hall–Kier alpha value is -5.15. The molecule has 1 N–H and O–H groups in total. The van der Waals surface area contributed by atoms with E-state index in [4.69, 9.17) is 19.2 Å². The molecular weight excluding hydrogens is 576 g/mol. The average molecular weight is 607 g/mol. The van der Waals surface area contributed by atoms with Crippen molar-refractivity contribution < 1.29 is 28.9 Å². The van der Waals surface area contributed by atoms with Crippen molar-refractivity contribution in [1.29, 1.82) is 0 Å². The third-order valence-corrected chi connectivity index (χ3v) is 8.20. The molecule has 1 aliphatic heterocycles. The highest BCUT2D eigenvalue weighted by atomic mass is 32.1. The summed E-state index contributed by atoms with van der Waals surface area (Å²) < 4.78 is 18.5. The van der Waals surface area contributed by atoms with Crippen molar-refractivity contribution in [2.45, 2.75) is 26.5 Å². The third kappa shape index (κ3) is 5.61. The number of thiazole rings is 1. The molecular formula is C35H30N2O6S. The predicted molar refractivity (Wildman–Crippen MR) is 170 cm³/mol. The topological polar surface area (TPSA) is 98.2 Å². The lowest BCUT2D eigenvalue weighted by Gasteiger charge is -2.24. The molecule has 0 saturated carbocycles. The molecule has 5 aromatic rings. The lowest BCUT2D eigenvalue weighted by molar-refractivity contribution is -0.132. The first-order valence-electron chi connectivity index (χ1n) is 14.3. The number of ether oxygens (including phenoxy) is 3. The van der Waals surface area contributed by atoms with Gasteiger partial charge in [-0.15, -0.1) is 0 Å². The summed E-state index contributed by atoms with van der Waals surface area (Å²) >= 11 is 1.27. The van der Waals surface area contributed by atoms with Gasteiger partial charge in [0, 0.05) is 5.56 Å². The van der Waals surface area contributed by atoms with Crippen molar-refractivity contribution in [3.63, 3.8) is 0 Å². The molecule has 1 aromatic heterocycles. The highest BCUT2D eigenvalue weighted by Crippen LogP contribution is 2.46. The maximum Gasteiger partial charge on any atom is 0.301 e. The summed E-state index contributed by atoms with van der Waals surface area (Å²) in [4.78, 5) is 33.5. The summed E-state index contributed by atoms with van der Waals surface area (Å²) in [6.45, 7) is 4.99. The van der Waals surface area contributed by atoms with Crippen LogP contribution in [-0.2, 0) is 16.2 Å². The number of aliphatic hydroxyl groups is 1. The zero-order valence-electron chi connectivity index (χ0n) is 24.2. The summed E-state index contributed by atoms with van der Waals surface area (Å²) in [5.41, 5.74) is 2.62. The van der Waals surface area contributed by atoms with E-state index < -0.39 is 17.7 Å². The number of aromatic nitrogens is 1. The van der Waals surface area contributed by atoms with Crippen LogP contribution in [0.4, 0.5) is 5.13 Å². The van der Waals surface area contributed by atoms with E-state index in [9.17, 15) is 14.7 Å². The van der Waals surface area contributed by atoms with Crippen molar-refractivity contribution in [3.05, 3.63) is 119 Å². The number of hydrogen-bond donors (Lipinski definition) is 1. The number of anilines is 1. The van der Waals surface area contributed by atoms with Crippen LogP contribution in [0.3, 0.4) is 0 Å². The first-order valence-corrected chi connectivity index (χ1v) is 15.1. The maximum atomic E-state index is 13.7. The fourth-order valence-corrected chi connectivity index (χ4v) is 6.19. The zero-order valence-corrected chi connectivity index (χ0v) is 25.0. The number of ketones is 1. The van der Waals surface area contributed by atoms with Crippen LogP contribution in [0.1, 0.15) is 36.6 Å². The van der Waals surface area contributed by atoms with Crippen LogP contribution in [0, 0.1) is 0 Å². The van der Waals surface area contributed by atoms with E-state index in [0.717, 1.165) is 10.3 Å². The van der Waals surface area contributed by atoms with Crippen molar-refractivity contribution in [2.75, 3.05) is 18.1 Å². The van der Waals surface area contributed by atoms with Gasteiger partial charge in [0.2, 0.25) is 0 Å². The number of aliphatic hydroxyl groups excluding tert-OH is 1. The molecule has 9 heteroatoms. The van der Waals surface area contributed by atoms with Gasteiger partial charge in [0.1, 0.15) is 18.1 Å². The highest BCUT2D eigenvalue weighted by molar-refractivity contribution is 7.22. The van der Waals surface area contributed by atoms with Crippen LogP contribution in [-0.4, -0.2) is 35.0 Å². The van der Waals surface area contributed by atoms with Crippen LogP contribution in [0.25, 0.3) is 16.0 Å².